The summed E-state index contributed by atoms with van der Waals surface area (Å²) in [6.45, 7) is 0.699. The van der Waals surface area contributed by atoms with E-state index in [4.69, 9.17) is 32.7 Å². The minimum Gasteiger partial charge on any atom is -0.494 e. The Bertz CT molecular complexity index is 1170. The van der Waals surface area contributed by atoms with E-state index in [1.165, 1.54) is 12.1 Å². The molecule has 0 radical (unpaired) electrons. The van der Waals surface area contributed by atoms with E-state index in [1.807, 2.05) is 0 Å². The molecule has 4 rings (SSSR count). The highest BCUT2D eigenvalue weighted by Gasteiger charge is 2.26. The van der Waals surface area contributed by atoms with Crippen LogP contribution >= 0.6 is 23.2 Å². The second kappa shape index (κ2) is 10.1. The number of halogens is 3. The van der Waals surface area contributed by atoms with Gasteiger partial charge >= 0.3 is 0 Å². The van der Waals surface area contributed by atoms with Crippen molar-refractivity contribution < 1.29 is 23.5 Å². The average molecular weight is 489 g/mol. The summed E-state index contributed by atoms with van der Waals surface area (Å²) in [6.07, 6.45) is 0.565. The molecule has 6 nitrogen and oxygen atoms in total. The average Bonchev–Trinajstić information content (AvgIpc) is 2.79. The lowest BCUT2D eigenvalue weighted by Gasteiger charge is -2.30. The predicted molar refractivity (Wildman–Crippen MR) is 125 cm³/mol. The standard InChI is InChI=1S/C24H19Cl2FN2O4/c25-15-5-8-17(9-6-15)32-12-2-11-29-20-13-16(7-10-21(20)33-14-22(29)30)28-24(31)23-18(26)3-1-4-19(23)27/h1,3-10,13H,2,11-12,14H2,(H,28,31). The molecule has 0 aromatic heterocycles. The molecule has 0 unspecified atom stereocenters. The van der Waals surface area contributed by atoms with Crippen LogP contribution < -0.4 is 19.7 Å². The maximum absolute atomic E-state index is 14.1. The normalized spacial score (nSPS) is 12.7. The third-order valence-electron chi connectivity index (χ3n) is 4.96. The van der Waals surface area contributed by atoms with Crippen molar-refractivity contribution in [2.24, 2.45) is 0 Å². The second-order valence-corrected chi connectivity index (χ2v) is 8.07. The molecule has 0 spiro atoms. The molecule has 0 saturated carbocycles. The fourth-order valence-corrected chi connectivity index (χ4v) is 3.75. The SMILES string of the molecule is O=C(Nc1ccc2c(c1)N(CCCOc1ccc(Cl)cc1)C(=O)CO2)c1c(F)cccc1Cl. The quantitative estimate of drug-likeness (QED) is 0.440. The van der Waals surface area contributed by atoms with Gasteiger partial charge in [-0.15, -0.1) is 0 Å². The smallest absolute Gasteiger partial charge is 0.265 e. The van der Waals surface area contributed by atoms with E-state index in [0.717, 1.165) is 6.07 Å². The minimum atomic E-state index is -0.723. The van der Waals surface area contributed by atoms with E-state index in [0.29, 0.717) is 47.5 Å². The van der Waals surface area contributed by atoms with Gasteiger partial charge in [0, 0.05) is 17.3 Å². The number of carbonyl (C=O) groups excluding carboxylic acids is 2. The van der Waals surface area contributed by atoms with Gasteiger partial charge in [0.25, 0.3) is 11.8 Å². The van der Waals surface area contributed by atoms with Crippen LogP contribution in [0.15, 0.2) is 60.7 Å². The Balaban J connectivity index is 1.44. The number of rotatable bonds is 7. The Morgan fingerprint density at radius 2 is 1.91 bits per heavy atom. The number of nitrogens with zero attached hydrogens (tertiary/aromatic N) is 1. The van der Waals surface area contributed by atoms with Gasteiger partial charge in [-0.05, 0) is 61.0 Å². The number of carbonyl (C=O) groups is 2. The van der Waals surface area contributed by atoms with Crippen LogP contribution in [0.25, 0.3) is 0 Å². The number of anilines is 2. The molecule has 0 aliphatic carbocycles. The number of ether oxygens (including phenoxy) is 2. The van der Waals surface area contributed by atoms with Crippen molar-refractivity contribution in [3.8, 4) is 11.5 Å². The maximum atomic E-state index is 14.1. The van der Waals surface area contributed by atoms with Gasteiger partial charge in [0.2, 0.25) is 0 Å². The van der Waals surface area contributed by atoms with Gasteiger partial charge in [-0.1, -0.05) is 29.3 Å². The summed E-state index contributed by atoms with van der Waals surface area (Å²) in [7, 11) is 0. The maximum Gasteiger partial charge on any atom is 0.265 e. The van der Waals surface area contributed by atoms with Crippen LogP contribution in [0.5, 0.6) is 11.5 Å². The molecule has 3 aromatic rings. The highest BCUT2D eigenvalue weighted by molar-refractivity contribution is 6.34. The highest BCUT2D eigenvalue weighted by atomic mass is 35.5. The van der Waals surface area contributed by atoms with E-state index in [2.05, 4.69) is 5.32 Å². The molecule has 1 heterocycles. The molecule has 0 atom stereocenters. The summed E-state index contributed by atoms with van der Waals surface area (Å²) >= 11 is 11.8. The van der Waals surface area contributed by atoms with Crippen molar-refractivity contribution in [1.82, 2.24) is 0 Å². The van der Waals surface area contributed by atoms with Crippen LogP contribution in [-0.2, 0) is 4.79 Å². The Morgan fingerprint density at radius 1 is 1.12 bits per heavy atom. The zero-order valence-electron chi connectivity index (χ0n) is 17.3. The van der Waals surface area contributed by atoms with Crippen molar-refractivity contribution in [3.63, 3.8) is 0 Å². The molecule has 2 amide bonds. The molecule has 1 aliphatic heterocycles. The zero-order valence-corrected chi connectivity index (χ0v) is 18.8. The van der Waals surface area contributed by atoms with Crippen LogP contribution in [0.4, 0.5) is 15.8 Å². The van der Waals surface area contributed by atoms with Gasteiger partial charge in [0.05, 0.1) is 22.9 Å². The van der Waals surface area contributed by atoms with Gasteiger partial charge in [-0.2, -0.15) is 0 Å². The first kappa shape index (κ1) is 22.9. The number of hydrogen-bond acceptors (Lipinski definition) is 4. The van der Waals surface area contributed by atoms with E-state index < -0.39 is 11.7 Å². The third kappa shape index (κ3) is 5.38. The number of hydrogen-bond donors (Lipinski definition) is 1. The van der Waals surface area contributed by atoms with Crippen molar-refractivity contribution in [2.75, 3.05) is 30.0 Å². The lowest BCUT2D eigenvalue weighted by molar-refractivity contribution is -0.121. The first-order valence-electron chi connectivity index (χ1n) is 10.1. The van der Waals surface area contributed by atoms with Crippen LogP contribution in [0.3, 0.4) is 0 Å². The molecule has 3 aromatic carbocycles. The Hall–Kier alpha value is -3.29. The summed E-state index contributed by atoms with van der Waals surface area (Å²) < 4.78 is 25.3. The Morgan fingerprint density at radius 3 is 2.67 bits per heavy atom. The molecule has 1 N–H and O–H groups in total. The van der Waals surface area contributed by atoms with Crippen molar-refractivity contribution in [2.45, 2.75) is 6.42 Å². The van der Waals surface area contributed by atoms with Crippen LogP contribution in [0.2, 0.25) is 10.0 Å². The lowest BCUT2D eigenvalue weighted by atomic mass is 10.1. The van der Waals surface area contributed by atoms with Gasteiger partial charge in [0.1, 0.15) is 17.3 Å². The molecular formula is C24H19Cl2FN2O4. The molecule has 0 bridgehead atoms. The number of fused-ring (bicyclic) bond motifs is 1. The molecule has 9 heteroatoms. The first-order chi connectivity index (χ1) is 15.9. The summed E-state index contributed by atoms with van der Waals surface area (Å²) in [5.41, 5.74) is 0.634. The summed E-state index contributed by atoms with van der Waals surface area (Å²) in [5.74, 6) is -0.433. The van der Waals surface area contributed by atoms with Crippen molar-refractivity contribution in [3.05, 3.63) is 82.1 Å². The van der Waals surface area contributed by atoms with Gasteiger partial charge in [0.15, 0.2) is 6.61 Å². The monoisotopic (exact) mass is 488 g/mol. The molecule has 0 fully saturated rings. The Kier molecular flexibility index (Phi) is 7.01. The third-order valence-corrected chi connectivity index (χ3v) is 5.52. The van der Waals surface area contributed by atoms with Crippen molar-refractivity contribution >= 4 is 46.4 Å². The van der Waals surface area contributed by atoms with Crippen molar-refractivity contribution in [1.29, 1.82) is 0 Å². The zero-order chi connectivity index (χ0) is 23.4. The van der Waals surface area contributed by atoms with E-state index in [1.54, 1.807) is 47.4 Å². The van der Waals surface area contributed by atoms with Gasteiger partial charge in [-0.25, -0.2) is 4.39 Å². The first-order valence-corrected chi connectivity index (χ1v) is 10.9. The fourth-order valence-electron chi connectivity index (χ4n) is 3.38. The summed E-state index contributed by atoms with van der Waals surface area (Å²) in [6, 6.07) is 15.9. The van der Waals surface area contributed by atoms with Crippen LogP contribution in [0.1, 0.15) is 16.8 Å². The van der Waals surface area contributed by atoms with E-state index in [9.17, 15) is 14.0 Å². The topological polar surface area (TPSA) is 67.9 Å². The summed E-state index contributed by atoms with van der Waals surface area (Å²) in [5, 5.41) is 3.26. The number of nitrogens with one attached hydrogen (secondary N) is 1. The highest BCUT2D eigenvalue weighted by Crippen LogP contribution is 2.35. The van der Waals surface area contributed by atoms with Gasteiger partial charge in [-0.3, -0.25) is 9.59 Å². The Labute approximate surface area is 199 Å². The largest absolute Gasteiger partial charge is 0.494 e. The molecular weight excluding hydrogens is 470 g/mol. The molecule has 1 aliphatic rings. The van der Waals surface area contributed by atoms with Crippen LogP contribution in [-0.4, -0.2) is 31.6 Å². The number of amides is 2. The van der Waals surface area contributed by atoms with Gasteiger partial charge < -0.3 is 19.7 Å². The second-order valence-electron chi connectivity index (χ2n) is 7.22. The number of benzene rings is 3. The molecule has 170 valence electrons. The minimum absolute atomic E-state index is 0.00582. The molecule has 0 saturated heterocycles. The van der Waals surface area contributed by atoms with Crippen LogP contribution in [0, 0.1) is 5.82 Å². The predicted octanol–water partition coefficient (Wildman–Crippen LogP) is 5.58. The lowest BCUT2D eigenvalue weighted by Crippen LogP contribution is -2.39. The van der Waals surface area contributed by atoms with E-state index >= 15 is 0 Å². The molecule has 33 heavy (non-hydrogen) atoms. The summed E-state index contributed by atoms with van der Waals surface area (Å²) in [4.78, 5) is 26.6. The van der Waals surface area contributed by atoms with E-state index in [-0.39, 0.29) is 23.1 Å². The fraction of sp³-hybridized carbons (Fsp3) is 0.167.